The van der Waals surface area contributed by atoms with E-state index >= 15 is 0 Å². The van der Waals surface area contributed by atoms with Crippen LogP contribution in [0.3, 0.4) is 0 Å². The van der Waals surface area contributed by atoms with Crippen LogP contribution in [-0.2, 0) is 21.4 Å². The van der Waals surface area contributed by atoms with Gasteiger partial charge in [0.25, 0.3) is 5.91 Å². The van der Waals surface area contributed by atoms with E-state index in [0.29, 0.717) is 41.2 Å². The fourth-order valence-electron chi connectivity index (χ4n) is 4.20. The van der Waals surface area contributed by atoms with E-state index in [2.05, 4.69) is 10.6 Å². The number of halogens is 1. The summed E-state index contributed by atoms with van der Waals surface area (Å²) in [5, 5.41) is 5.92. The predicted molar refractivity (Wildman–Crippen MR) is 144 cm³/mol. The number of amides is 3. The number of nitrogens with one attached hydrogen (secondary N) is 2. The maximum absolute atomic E-state index is 13.7. The highest BCUT2D eigenvalue weighted by atomic mass is 35.5. The molecule has 38 heavy (non-hydrogen) atoms. The maximum Gasteiger partial charge on any atom is 0.255 e. The molecule has 9 nitrogen and oxygen atoms in total. The molecule has 4 N–H and O–H groups in total. The molecule has 0 unspecified atom stereocenters. The molecule has 0 radical (unpaired) electrons. The number of carbonyl (C=O) groups is 3. The van der Waals surface area contributed by atoms with E-state index in [1.54, 1.807) is 42.5 Å². The van der Waals surface area contributed by atoms with Crippen molar-refractivity contribution in [3.05, 3.63) is 94.5 Å². The van der Waals surface area contributed by atoms with Crippen molar-refractivity contribution in [2.24, 2.45) is 5.73 Å². The number of hydrogen-bond donors (Lipinski definition) is 3. The van der Waals surface area contributed by atoms with E-state index in [1.165, 1.54) is 34.6 Å². The first-order valence-electron chi connectivity index (χ1n) is 12.0. The first-order valence-corrected chi connectivity index (χ1v) is 13.8. The second-order valence-corrected chi connectivity index (χ2v) is 11.2. The highest BCUT2D eigenvalue weighted by Crippen LogP contribution is 2.26. The van der Waals surface area contributed by atoms with Crippen molar-refractivity contribution in [3.63, 3.8) is 0 Å². The molecule has 0 aromatic heterocycles. The van der Waals surface area contributed by atoms with Crippen LogP contribution in [0.4, 0.5) is 5.69 Å². The zero-order valence-electron chi connectivity index (χ0n) is 20.4. The van der Waals surface area contributed by atoms with Gasteiger partial charge in [-0.15, -0.1) is 0 Å². The largest absolute Gasteiger partial charge is 0.366 e. The molecule has 1 saturated heterocycles. The highest BCUT2D eigenvalue weighted by Gasteiger charge is 2.36. The Hall–Kier alpha value is -3.73. The van der Waals surface area contributed by atoms with Crippen LogP contribution >= 0.6 is 11.6 Å². The van der Waals surface area contributed by atoms with Crippen LogP contribution < -0.4 is 16.4 Å². The average Bonchev–Trinajstić information content (AvgIpc) is 3.12. The number of carbonyl (C=O) groups excluding carboxylic acids is 3. The van der Waals surface area contributed by atoms with Gasteiger partial charge in [-0.25, -0.2) is 8.42 Å². The third-order valence-electron chi connectivity index (χ3n) is 6.23. The number of hydrogen-bond acceptors (Lipinski definition) is 5. The Balaban J connectivity index is 1.57. The first kappa shape index (κ1) is 27.3. The van der Waals surface area contributed by atoms with Gasteiger partial charge in [0.15, 0.2) is 0 Å². The van der Waals surface area contributed by atoms with Gasteiger partial charge >= 0.3 is 0 Å². The minimum Gasteiger partial charge on any atom is -0.366 e. The monoisotopic (exact) mass is 554 g/mol. The quantitative estimate of drug-likeness (QED) is 0.391. The Morgan fingerprint density at radius 1 is 1.00 bits per heavy atom. The number of anilines is 1. The maximum atomic E-state index is 13.7. The van der Waals surface area contributed by atoms with Crippen LogP contribution in [0.25, 0.3) is 0 Å². The SMILES string of the molecule is NC(=O)c1cccc(NC(=O)c2ccc(CN([C@@H]3CCCCNC3=O)S(=O)(=O)c3ccc(Cl)cc3)cc2)c1. The number of nitrogens with zero attached hydrogens (tertiary/aromatic N) is 1. The van der Waals surface area contributed by atoms with Crippen molar-refractivity contribution >= 4 is 45.0 Å². The number of primary amides is 1. The van der Waals surface area contributed by atoms with E-state index < -0.39 is 27.9 Å². The summed E-state index contributed by atoms with van der Waals surface area (Å²) in [5.74, 6) is -1.35. The lowest BCUT2D eigenvalue weighted by Crippen LogP contribution is -2.48. The molecule has 3 amide bonds. The lowest BCUT2D eigenvalue weighted by Gasteiger charge is -2.29. The molecular weight excluding hydrogens is 528 g/mol. The van der Waals surface area contributed by atoms with Crippen LogP contribution in [0.5, 0.6) is 0 Å². The molecule has 1 fully saturated rings. The van der Waals surface area contributed by atoms with Gasteiger partial charge in [0, 0.05) is 34.9 Å². The lowest BCUT2D eigenvalue weighted by molar-refractivity contribution is -0.124. The van der Waals surface area contributed by atoms with Crippen molar-refractivity contribution in [1.29, 1.82) is 0 Å². The van der Waals surface area contributed by atoms with E-state index in [4.69, 9.17) is 17.3 Å². The Morgan fingerprint density at radius 3 is 2.39 bits per heavy atom. The second kappa shape index (κ2) is 11.8. The molecule has 1 aliphatic heterocycles. The molecule has 198 valence electrons. The summed E-state index contributed by atoms with van der Waals surface area (Å²) in [5.41, 5.74) is 6.91. The predicted octanol–water partition coefficient (Wildman–Crippen LogP) is 3.55. The number of benzene rings is 3. The summed E-state index contributed by atoms with van der Waals surface area (Å²) in [7, 11) is -4.05. The van der Waals surface area contributed by atoms with Gasteiger partial charge in [-0.2, -0.15) is 4.31 Å². The minimum absolute atomic E-state index is 0.0353. The summed E-state index contributed by atoms with van der Waals surface area (Å²) in [6.07, 6.45) is 1.86. The summed E-state index contributed by atoms with van der Waals surface area (Å²) in [6.45, 7) is 0.432. The van der Waals surface area contributed by atoms with Gasteiger partial charge in [-0.05, 0) is 79.4 Å². The van der Waals surface area contributed by atoms with Crippen molar-refractivity contribution < 1.29 is 22.8 Å². The van der Waals surface area contributed by atoms with Crippen LogP contribution in [0.15, 0.2) is 77.7 Å². The third kappa shape index (κ3) is 6.39. The van der Waals surface area contributed by atoms with E-state index in [9.17, 15) is 22.8 Å². The molecule has 1 heterocycles. The molecule has 11 heteroatoms. The molecule has 0 bridgehead atoms. The van der Waals surface area contributed by atoms with Crippen LogP contribution in [0, 0.1) is 0 Å². The Labute approximate surface area is 226 Å². The molecule has 3 aromatic carbocycles. The fraction of sp³-hybridized carbons (Fsp3) is 0.222. The summed E-state index contributed by atoms with van der Waals surface area (Å²) in [4.78, 5) is 37.0. The Bertz CT molecular complexity index is 1440. The number of nitrogens with two attached hydrogens (primary N) is 1. The first-order chi connectivity index (χ1) is 18.1. The minimum atomic E-state index is -4.05. The molecular formula is C27H27ClN4O5S. The molecule has 4 rings (SSSR count). The van der Waals surface area contributed by atoms with E-state index in [0.717, 1.165) is 6.42 Å². The fourth-order valence-corrected chi connectivity index (χ4v) is 5.93. The van der Waals surface area contributed by atoms with Gasteiger partial charge in [-0.1, -0.05) is 29.8 Å². The standard InChI is InChI=1S/C27H27ClN4O5S/c28-21-11-13-23(14-12-21)38(36,37)32(24-6-1-2-15-30-27(24)35)17-18-7-9-19(10-8-18)26(34)31-22-5-3-4-20(16-22)25(29)33/h3-5,7-14,16,24H,1-2,6,15,17H2,(H2,29,33)(H,30,35)(H,31,34)/t24-/m1/s1. The molecule has 1 aliphatic rings. The van der Waals surface area contributed by atoms with Crippen LogP contribution in [0.2, 0.25) is 5.02 Å². The van der Waals surface area contributed by atoms with Gasteiger partial charge in [0.05, 0.1) is 4.90 Å². The average molecular weight is 555 g/mol. The van der Waals surface area contributed by atoms with Crippen molar-refractivity contribution in [1.82, 2.24) is 9.62 Å². The summed E-state index contributed by atoms with van der Waals surface area (Å²) in [6, 6.07) is 17.6. The van der Waals surface area contributed by atoms with Crippen molar-refractivity contribution in [3.8, 4) is 0 Å². The zero-order chi connectivity index (χ0) is 27.3. The molecule has 3 aromatic rings. The van der Waals surface area contributed by atoms with Gasteiger partial charge in [-0.3, -0.25) is 14.4 Å². The lowest BCUT2D eigenvalue weighted by atomic mass is 10.1. The number of rotatable bonds is 8. The normalized spacial score (nSPS) is 15.9. The summed E-state index contributed by atoms with van der Waals surface area (Å²) >= 11 is 5.95. The van der Waals surface area contributed by atoms with Gasteiger partial charge < -0.3 is 16.4 Å². The van der Waals surface area contributed by atoms with Crippen LogP contribution in [-0.4, -0.2) is 43.0 Å². The smallest absolute Gasteiger partial charge is 0.255 e. The van der Waals surface area contributed by atoms with Gasteiger partial charge in [0.1, 0.15) is 6.04 Å². The van der Waals surface area contributed by atoms with Gasteiger partial charge in [0.2, 0.25) is 21.8 Å². The van der Waals surface area contributed by atoms with Crippen molar-refractivity contribution in [2.75, 3.05) is 11.9 Å². The third-order valence-corrected chi connectivity index (χ3v) is 8.35. The highest BCUT2D eigenvalue weighted by molar-refractivity contribution is 7.89. The molecule has 0 aliphatic carbocycles. The molecule has 1 atom stereocenters. The molecule has 0 saturated carbocycles. The number of sulfonamides is 1. The van der Waals surface area contributed by atoms with Crippen molar-refractivity contribution in [2.45, 2.75) is 36.7 Å². The van der Waals surface area contributed by atoms with E-state index in [1.807, 2.05) is 0 Å². The van der Waals surface area contributed by atoms with Crippen LogP contribution in [0.1, 0.15) is 45.5 Å². The Morgan fingerprint density at radius 2 is 1.71 bits per heavy atom. The van der Waals surface area contributed by atoms with E-state index in [-0.39, 0.29) is 22.9 Å². The summed E-state index contributed by atoms with van der Waals surface area (Å²) < 4.78 is 28.5. The topological polar surface area (TPSA) is 139 Å². The molecule has 0 spiro atoms. The second-order valence-electron chi connectivity index (χ2n) is 8.90. The Kier molecular flexibility index (Phi) is 8.45. The zero-order valence-corrected chi connectivity index (χ0v) is 22.0.